The van der Waals surface area contributed by atoms with E-state index in [1.54, 1.807) is 24.3 Å². The molecule has 3 N–H and O–H groups in total. The summed E-state index contributed by atoms with van der Waals surface area (Å²) in [4.78, 5) is 27.1. The number of para-hydroxylation sites is 1. The number of anilines is 1. The van der Waals surface area contributed by atoms with Crippen molar-refractivity contribution in [3.05, 3.63) is 42.0 Å². The minimum Gasteiger partial charge on any atom is -0.355 e. The van der Waals surface area contributed by atoms with Crippen LogP contribution in [0.2, 0.25) is 0 Å². The molecule has 0 spiro atoms. The second-order valence-corrected chi connectivity index (χ2v) is 3.41. The first-order chi connectivity index (χ1) is 8.72. The molecule has 2 aromatic rings. The highest BCUT2D eigenvalue weighted by Gasteiger charge is 2.14. The summed E-state index contributed by atoms with van der Waals surface area (Å²) in [5.74, 6) is -0.644. The number of hydrogen-bond acceptors (Lipinski definition) is 4. The normalized spacial score (nSPS) is 9.83. The molecule has 0 saturated carbocycles. The lowest BCUT2D eigenvalue weighted by Crippen LogP contribution is -2.21. The highest BCUT2D eigenvalue weighted by atomic mass is 16.2. The van der Waals surface area contributed by atoms with Crippen LogP contribution in [-0.2, 0) is 0 Å². The summed E-state index contributed by atoms with van der Waals surface area (Å²) in [6, 6.07) is 6.70. The Morgan fingerprint density at radius 3 is 2.67 bits per heavy atom. The Labute approximate surface area is 103 Å². The Morgan fingerprint density at radius 1 is 1.22 bits per heavy atom. The van der Waals surface area contributed by atoms with E-state index in [9.17, 15) is 9.59 Å². The van der Waals surface area contributed by atoms with Gasteiger partial charge in [0.2, 0.25) is 5.82 Å². The van der Waals surface area contributed by atoms with Gasteiger partial charge in [-0.05, 0) is 12.1 Å². The molecule has 2 amide bonds. The zero-order valence-corrected chi connectivity index (χ0v) is 9.60. The van der Waals surface area contributed by atoms with Gasteiger partial charge in [0.1, 0.15) is 6.33 Å². The van der Waals surface area contributed by atoms with E-state index in [0.29, 0.717) is 11.3 Å². The minimum atomic E-state index is -0.455. The van der Waals surface area contributed by atoms with E-state index < -0.39 is 5.91 Å². The Balaban J connectivity index is 2.24. The number of hydrogen-bond donors (Lipinski definition) is 3. The van der Waals surface area contributed by atoms with Crippen molar-refractivity contribution in [2.45, 2.75) is 0 Å². The van der Waals surface area contributed by atoms with Gasteiger partial charge in [-0.1, -0.05) is 12.1 Å². The lowest BCUT2D eigenvalue weighted by molar-refractivity contribution is 0.0964. The maximum Gasteiger partial charge on any atom is 0.293 e. The zero-order valence-electron chi connectivity index (χ0n) is 9.60. The highest BCUT2D eigenvalue weighted by Crippen LogP contribution is 2.15. The van der Waals surface area contributed by atoms with Gasteiger partial charge in [-0.2, -0.15) is 5.10 Å². The number of H-pyrrole nitrogens is 1. The fourth-order valence-corrected chi connectivity index (χ4v) is 1.42. The third-order valence-corrected chi connectivity index (χ3v) is 2.28. The minimum absolute atomic E-state index is 0.0849. The fraction of sp³-hybridized carbons (Fsp3) is 0.0909. The second-order valence-electron chi connectivity index (χ2n) is 3.41. The summed E-state index contributed by atoms with van der Waals surface area (Å²) in [5, 5.41) is 11.1. The molecule has 0 fully saturated rings. The Kier molecular flexibility index (Phi) is 3.33. The van der Waals surface area contributed by atoms with E-state index in [2.05, 4.69) is 25.8 Å². The van der Waals surface area contributed by atoms with E-state index in [0.717, 1.165) is 0 Å². The summed E-state index contributed by atoms with van der Waals surface area (Å²) in [5.41, 5.74) is 0.797. The van der Waals surface area contributed by atoms with Crippen LogP contribution in [0.5, 0.6) is 0 Å². The van der Waals surface area contributed by atoms with E-state index in [1.165, 1.54) is 13.4 Å². The van der Waals surface area contributed by atoms with Gasteiger partial charge in [0.25, 0.3) is 11.8 Å². The van der Waals surface area contributed by atoms with Crippen molar-refractivity contribution in [3.8, 4) is 0 Å². The van der Waals surface area contributed by atoms with Gasteiger partial charge in [0.15, 0.2) is 0 Å². The van der Waals surface area contributed by atoms with Gasteiger partial charge in [0.05, 0.1) is 11.3 Å². The number of rotatable bonds is 3. The van der Waals surface area contributed by atoms with E-state index >= 15 is 0 Å². The molecule has 1 aromatic heterocycles. The molecular formula is C11H11N5O2. The molecule has 0 unspecified atom stereocenters. The highest BCUT2D eigenvalue weighted by molar-refractivity contribution is 6.07. The summed E-state index contributed by atoms with van der Waals surface area (Å²) in [7, 11) is 1.53. The topological polar surface area (TPSA) is 99.8 Å². The number of benzene rings is 1. The molecule has 0 aliphatic rings. The van der Waals surface area contributed by atoms with Crippen molar-refractivity contribution in [1.29, 1.82) is 0 Å². The van der Waals surface area contributed by atoms with Crippen LogP contribution in [0.1, 0.15) is 21.0 Å². The summed E-state index contributed by atoms with van der Waals surface area (Å²) in [6.45, 7) is 0. The number of carbonyl (C=O) groups excluding carboxylic acids is 2. The third-order valence-electron chi connectivity index (χ3n) is 2.28. The standard InChI is InChI=1S/C11H11N5O2/c1-12-10(17)7-4-2-3-5-8(7)15-11(18)9-13-6-14-16-9/h2-6H,1H3,(H,12,17)(H,15,18)(H,13,14,16). The van der Waals surface area contributed by atoms with Crippen molar-refractivity contribution >= 4 is 17.5 Å². The number of aromatic amines is 1. The third kappa shape index (κ3) is 2.34. The maximum absolute atomic E-state index is 11.8. The quantitative estimate of drug-likeness (QED) is 0.729. The van der Waals surface area contributed by atoms with Crippen molar-refractivity contribution in [1.82, 2.24) is 20.5 Å². The number of amides is 2. The molecule has 18 heavy (non-hydrogen) atoms. The Bertz CT molecular complexity index is 565. The molecule has 7 nitrogen and oxygen atoms in total. The first-order valence-corrected chi connectivity index (χ1v) is 5.20. The Morgan fingerprint density at radius 2 is 2.00 bits per heavy atom. The van der Waals surface area contributed by atoms with Crippen LogP contribution in [0.25, 0.3) is 0 Å². The summed E-state index contributed by atoms with van der Waals surface area (Å²) in [6.07, 6.45) is 1.24. The van der Waals surface area contributed by atoms with Gasteiger partial charge in [-0.25, -0.2) is 4.98 Å². The molecule has 0 bridgehead atoms. The Hall–Kier alpha value is -2.70. The van der Waals surface area contributed by atoms with Crippen LogP contribution >= 0.6 is 0 Å². The zero-order chi connectivity index (χ0) is 13.0. The van der Waals surface area contributed by atoms with Crippen molar-refractivity contribution in [2.75, 3.05) is 12.4 Å². The number of nitrogens with one attached hydrogen (secondary N) is 3. The lowest BCUT2D eigenvalue weighted by atomic mass is 10.1. The molecule has 1 aromatic carbocycles. The fourth-order valence-electron chi connectivity index (χ4n) is 1.42. The van der Waals surface area contributed by atoms with Crippen LogP contribution in [0, 0.1) is 0 Å². The van der Waals surface area contributed by atoms with Crippen LogP contribution in [-0.4, -0.2) is 34.0 Å². The summed E-state index contributed by atoms with van der Waals surface area (Å²) >= 11 is 0. The van der Waals surface area contributed by atoms with Gasteiger partial charge in [-0.3, -0.25) is 14.7 Å². The molecule has 0 saturated heterocycles. The van der Waals surface area contributed by atoms with E-state index in [1.807, 2.05) is 0 Å². The molecular weight excluding hydrogens is 234 g/mol. The average Bonchev–Trinajstić information content (AvgIpc) is 2.92. The van der Waals surface area contributed by atoms with Gasteiger partial charge < -0.3 is 10.6 Å². The summed E-state index contributed by atoms with van der Waals surface area (Å²) < 4.78 is 0. The SMILES string of the molecule is CNC(=O)c1ccccc1NC(=O)c1ncn[nH]1. The molecule has 2 rings (SSSR count). The second kappa shape index (κ2) is 5.09. The van der Waals surface area contributed by atoms with Crippen LogP contribution in [0.15, 0.2) is 30.6 Å². The number of carbonyl (C=O) groups is 2. The monoisotopic (exact) mass is 245 g/mol. The molecule has 92 valence electrons. The van der Waals surface area contributed by atoms with Crippen LogP contribution in [0.3, 0.4) is 0 Å². The van der Waals surface area contributed by atoms with Gasteiger partial charge in [-0.15, -0.1) is 0 Å². The van der Waals surface area contributed by atoms with Crippen LogP contribution < -0.4 is 10.6 Å². The molecule has 0 aliphatic carbocycles. The van der Waals surface area contributed by atoms with Crippen molar-refractivity contribution < 1.29 is 9.59 Å². The van der Waals surface area contributed by atoms with Crippen molar-refractivity contribution in [3.63, 3.8) is 0 Å². The van der Waals surface area contributed by atoms with Crippen molar-refractivity contribution in [2.24, 2.45) is 0 Å². The molecule has 0 radical (unpaired) electrons. The first kappa shape index (κ1) is 11.8. The molecule has 7 heteroatoms. The lowest BCUT2D eigenvalue weighted by Gasteiger charge is -2.08. The number of aromatic nitrogens is 3. The smallest absolute Gasteiger partial charge is 0.293 e. The average molecular weight is 245 g/mol. The predicted octanol–water partition coefficient (Wildman–Crippen LogP) is 0.417. The molecule has 1 heterocycles. The van der Waals surface area contributed by atoms with Crippen LogP contribution in [0.4, 0.5) is 5.69 Å². The largest absolute Gasteiger partial charge is 0.355 e. The van der Waals surface area contributed by atoms with E-state index in [-0.39, 0.29) is 11.7 Å². The predicted molar refractivity (Wildman–Crippen MR) is 64.2 cm³/mol. The van der Waals surface area contributed by atoms with Gasteiger partial charge in [0, 0.05) is 7.05 Å². The molecule has 0 aliphatic heterocycles. The van der Waals surface area contributed by atoms with E-state index in [4.69, 9.17) is 0 Å². The first-order valence-electron chi connectivity index (χ1n) is 5.20. The maximum atomic E-state index is 11.8. The molecule has 0 atom stereocenters. The number of nitrogens with zero attached hydrogens (tertiary/aromatic N) is 2. The van der Waals surface area contributed by atoms with Gasteiger partial charge >= 0.3 is 0 Å².